The SMILES string of the molecule is COCC(C)CNC(=O)Cc1cccc(N)c1. The van der Waals surface area contributed by atoms with Crippen LogP contribution in [-0.2, 0) is 16.0 Å². The molecule has 1 rings (SSSR count). The number of benzene rings is 1. The smallest absolute Gasteiger partial charge is 0.224 e. The molecule has 1 amide bonds. The molecule has 0 aliphatic carbocycles. The molecule has 1 aromatic carbocycles. The van der Waals surface area contributed by atoms with E-state index in [0.29, 0.717) is 31.2 Å². The average molecular weight is 236 g/mol. The highest BCUT2D eigenvalue weighted by atomic mass is 16.5. The van der Waals surface area contributed by atoms with Crippen molar-refractivity contribution in [3.8, 4) is 0 Å². The number of hydrogen-bond acceptors (Lipinski definition) is 3. The highest BCUT2D eigenvalue weighted by Crippen LogP contribution is 2.07. The maximum Gasteiger partial charge on any atom is 0.224 e. The van der Waals surface area contributed by atoms with Crippen LogP contribution in [0, 0.1) is 5.92 Å². The van der Waals surface area contributed by atoms with Crippen molar-refractivity contribution in [1.82, 2.24) is 5.32 Å². The van der Waals surface area contributed by atoms with Crippen LogP contribution in [0.25, 0.3) is 0 Å². The van der Waals surface area contributed by atoms with Crippen molar-refractivity contribution in [3.05, 3.63) is 29.8 Å². The zero-order valence-electron chi connectivity index (χ0n) is 10.4. The Bertz CT molecular complexity index is 366. The molecule has 0 spiro atoms. The van der Waals surface area contributed by atoms with Crippen LogP contribution in [-0.4, -0.2) is 26.2 Å². The molecule has 0 radical (unpaired) electrons. The molecule has 17 heavy (non-hydrogen) atoms. The highest BCUT2D eigenvalue weighted by molar-refractivity contribution is 5.78. The molecular weight excluding hydrogens is 216 g/mol. The molecule has 4 nitrogen and oxygen atoms in total. The first-order valence-electron chi connectivity index (χ1n) is 5.72. The first-order chi connectivity index (χ1) is 8.11. The zero-order chi connectivity index (χ0) is 12.7. The van der Waals surface area contributed by atoms with Crippen LogP contribution in [0.15, 0.2) is 24.3 Å². The summed E-state index contributed by atoms with van der Waals surface area (Å²) in [6.07, 6.45) is 0.366. The van der Waals surface area contributed by atoms with Crippen molar-refractivity contribution >= 4 is 11.6 Å². The van der Waals surface area contributed by atoms with Gasteiger partial charge in [0.1, 0.15) is 0 Å². The Labute approximate surface area is 102 Å². The number of carbonyl (C=O) groups is 1. The normalized spacial score (nSPS) is 12.1. The molecule has 4 heteroatoms. The molecule has 0 fully saturated rings. The van der Waals surface area contributed by atoms with Gasteiger partial charge in [-0.15, -0.1) is 0 Å². The fourth-order valence-electron chi connectivity index (χ4n) is 1.58. The van der Waals surface area contributed by atoms with Gasteiger partial charge >= 0.3 is 0 Å². The minimum Gasteiger partial charge on any atom is -0.399 e. The molecule has 94 valence electrons. The topological polar surface area (TPSA) is 64.3 Å². The summed E-state index contributed by atoms with van der Waals surface area (Å²) in [5, 5.41) is 2.88. The number of amides is 1. The molecule has 0 aromatic heterocycles. The number of carbonyl (C=O) groups excluding carboxylic acids is 1. The first-order valence-corrected chi connectivity index (χ1v) is 5.72. The van der Waals surface area contributed by atoms with Crippen molar-refractivity contribution in [3.63, 3.8) is 0 Å². The summed E-state index contributed by atoms with van der Waals surface area (Å²) in [4.78, 5) is 11.6. The van der Waals surface area contributed by atoms with E-state index in [1.807, 2.05) is 31.2 Å². The lowest BCUT2D eigenvalue weighted by atomic mass is 10.1. The van der Waals surface area contributed by atoms with Gasteiger partial charge in [0, 0.05) is 19.3 Å². The van der Waals surface area contributed by atoms with Gasteiger partial charge in [-0.3, -0.25) is 4.79 Å². The summed E-state index contributed by atoms with van der Waals surface area (Å²) in [6, 6.07) is 7.38. The van der Waals surface area contributed by atoms with Crippen LogP contribution in [0.3, 0.4) is 0 Å². The van der Waals surface area contributed by atoms with E-state index in [2.05, 4.69) is 5.32 Å². The largest absolute Gasteiger partial charge is 0.399 e. The van der Waals surface area contributed by atoms with Gasteiger partial charge in [0.25, 0.3) is 0 Å². The summed E-state index contributed by atoms with van der Waals surface area (Å²) >= 11 is 0. The van der Waals surface area contributed by atoms with Gasteiger partial charge in [0.15, 0.2) is 0 Å². The zero-order valence-corrected chi connectivity index (χ0v) is 10.4. The second-order valence-corrected chi connectivity index (χ2v) is 4.29. The fourth-order valence-corrected chi connectivity index (χ4v) is 1.58. The Morgan fingerprint density at radius 2 is 2.29 bits per heavy atom. The molecule has 0 saturated carbocycles. The summed E-state index contributed by atoms with van der Waals surface area (Å²) < 4.78 is 5.00. The first kappa shape index (κ1) is 13.5. The molecule has 3 N–H and O–H groups in total. The van der Waals surface area contributed by atoms with Crippen molar-refractivity contribution in [1.29, 1.82) is 0 Å². The predicted octanol–water partition coefficient (Wildman–Crippen LogP) is 1.21. The fraction of sp³-hybridized carbons (Fsp3) is 0.462. The molecule has 1 atom stereocenters. The number of rotatable bonds is 6. The van der Waals surface area contributed by atoms with Crippen LogP contribution in [0.5, 0.6) is 0 Å². The molecule has 1 aromatic rings. The van der Waals surface area contributed by atoms with E-state index < -0.39 is 0 Å². The Kier molecular flexibility index (Phi) is 5.49. The standard InChI is InChI=1S/C13H20N2O2/c1-10(9-17-2)8-15-13(16)7-11-4-3-5-12(14)6-11/h3-6,10H,7-9,14H2,1-2H3,(H,15,16). The minimum atomic E-state index is 0.0125. The van der Waals surface area contributed by atoms with Gasteiger partial charge in [-0.05, 0) is 23.6 Å². The van der Waals surface area contributed by atoms with Crippen LogP contribution in [0.1, 0.15) is 12.5 Å². The summed E-state index contributed by atoms with van der Waals surface area (Å²) in [5.41, 5.74) is 7.26. The van der Waals surface area contributed by atoms with Gasteiger partial charge in [0.2, 0.25) is 5.91 Å². The van der Waals surface area contributed by atoms with Gasteiger partial charge in [0.05, 0.1) is 13.0 Å². The van der Waals surface area contributed by atoms with E-state index in [4.69, 9.17) is 10.5 Å². The molecule has 0 aliphatic rings. The molecular formula is C13H20N2O2. The monoisotopic (exact) mass is 236 g/mol. The number of nitrogen functional groups attached to an aromatic ring is 1. The van der Waals surface area contributed by atoms with Gasteiger partial charge in [-0.25, -0.2) is 0 Å². The Balaban J connectivity index is 2.34. The van der Waals surface area contributed by atoms with E-state index in [0.717, 1.165) is 5.56 Å². The van der Waals surface area contributed by atoms with E-state index in [1.165, 1.54) is 0 Å². The van der Waals surface area contributed by atoms with E-state index in [1.54, 1.807) is 7.11 Å². The lowest BCUT2D eigenvalue weighted by Gasteiger charge is -2.11. The summed E-state index contributed by atoms with van der Waals surface area (Å²) in [7, 11) is 1.66. The third-order valence-electron chi connectivity index (χ3n) is 2.41. The van der Waals surface area contributed by atoms with Crippen LogP contribution in [0.2, 0.25) is 0 Å². The lowest BCUT2D eigenvalue weighted by Crippen LogP contribution is -2.31. The molecule has 0 heterocycles. The minimum absolute atomic E-state index is 0.0125. The molecule has 0 aliphatic heterocycles. The molecule has 0 saturated heterocycles. The van der Waals surface area contributed by atoms with Gasteiger partial charge in [-0.2, -0.15) is 0 Å². The van der Waals surface area contributed by atoms with Crippen molar-refractivity contribution < 1.29 is 9.53 Å². The third-order valence-corrected chi connectivity index (χ3v) is 2.41. The number of methoxy groups -OCH3 is 1. The Morgan fingerprint density at radius 3 is 2.94 bits per heavy atom. The van der Waals surface area contributed by atoms with Crippen molar-refractivity contribution in [2.75, 3.05) is 26.0 Å². The number of ether oxygens (including phenoxy) is 1. The molecule has 0 bridgehead atoms. The van der Waals surface area contributed by atoms with Crippen molar-refractivity contribution in [2.45, 2.75) is 13.3 Å². The number of hydrogen-bond donors (Lipinski definition) is 2. The number of anilines is 1. The number of nitrogens with one attached hydrogen (secondary N) is 1. The van der Waals surface area contributed by atoms with Crippen LogP contribution < -0.4 is 11.1 Å². The molecule has 1 unspecified atom stereocenters. The number of nitrogens with two attached hydrogens (primary N) is 1. The third kappa shape index (κ3) is 5.36. The van der Waals surface area contributed by atoms with Crippen LogP contribution in [0.4, 0.5) is 5.69 Å². The maximum atomic E-state index is 11.6. The van der Waals surface area contributed by atoms with E-state index >= 15 is 0 Å². The second kappa shape index (κ2) is 6.91. The Hall–Kier alpha value is -1.55. The average Bonchev–Trinajstić information content (AvgIpc) is 2.27. The van der Waals surface area contributed by atoms with Gasteiger partial charge in [-0.1, -0.05) is 19.1 Å². The highest BCUT2D eigenvalue weighted by Gasteiger charge is 2.06. The quantitative estimate of drug-likeness (QED) is 0.730. The Morgan fingerprint density at radius 1 is 1.53 bits per heavy atom. The summed E-state index contributed by atoms with van der Waals surface area (Å²) in [6.45, 7) is 3.32. The van der Waals surface area contributed by atoms with Crippen LogP contribution >= 0.6 is 0 Å². The predicted molar refractivity (Wildman–Crippen MR) is 68.6 cm³/mol. The van der Waals surface area contributed by atoms with E-state index in [-0.39, 0.29) is 5.91 Å². The van der Waals surface area contributed by atoms with E-state index in [9.17, 15) is 4.79 Å². The van der Waals surface area contributed by atoms with Crippen molar-refractivity contribution in [2.24, 2.45) is 5.92 Å². The second-order valence-electron chi connectivity index (χ2n) is 4.29. The lowest BCUT2D eigenvalue weighted by molar-refractivity contribution is -0.120. The summed E-state index contributed by atoms with van der Waals surface area (Å²) in [5.74, 6) is 0.336. The maximum absolute atomic E-state index is 11.6. The van der Waals surface area contributed by atoms with Gasteiger partial charge < -0.3 is 15.8 Å².